The third-order valence-corrected chi connectivity index (χ3v) is 7.77. The lowest BCUT2D eigenvalue weighted by Gasteiger charge is -2.10. The van der Waals surface area contributed by atoms with Crippen LogP contribution in [0.25, 0.3) is 26.8 Å². The third-order valence-electron chi connectivity index (χ3n) is 4.96. The maximum absolute atomic E-state index is 12.8. The fraction of sp³-hybridized carbons (Fsp3) is 0. The van der Waals surface area contributed by atoms with Gasteiger partial charge in [-0.2, -0.15) is 0 Å². The van der Waals surface area contributed by atoms with Gasteiger partial charge in [0.2, 0.25) is 16.0 Å². The fourth-order valence-electron chi connectivity index (χ4n) is 3.44. The number of hydrogen-bond donors (Lipinski definition) is 2. The minimum atomic E-state index is -3.87. The lowest BCUT2D eigenvalue weighted by Crippen LogP contribution is -2.12. The lowest BCUT2D eigenvalue weighted by molar-refractivity contribution is 0.598. The molecule has 0 aliphatic carbocycles. The van der Waals surface area contributed by atoms with Crippen molar-refractivity contribution in [1.82, 2.24) is 19.4 Å². The van der Waals surface area contributed by atoms with Crippen molar-refractivity contribution in [2.75, 3.05) is 5.32 Å². The SMILES string of the molecule is NS(=O)(=O)c1cccc(Nc2nccc(-c3sc4nccc(=O)n4c3-c3cccc(Cl)c3Cl)n2)c1. The molecule has 0 aliphatic rings. The maximum Gasteiger partial charge on any atom is 0.258 e. The number of benzene rings is 2. The van der Waals surface area contributed by atoms with Crippen LogP contribution < -0.4 is 16.0 Å². The molecule has 5 rings (SSSR count). The molecule has 0 atom stereocenters. The minimum Gasteiger partial charge on any atom is -0.324 e. The molecule has 176 valence electrons. The standard InChI is InChI=1S/C22H14Cl2N6O3S2/c23-15-6-2-5-14(18(15)24)19-20(34-22-27-10-8-17(31)30(19)22)16-7-9-26-21(29-16)28-12-3-1-4-13(11-12)35(25,32)33/h1-11H,(H2,25,32,33)(H,26,28,29). The number of aromatic nitrogens is 4. The first kappa shape index (κ1) is 23.4. The number of halogens is 2. The Morgan fingerprint density at radius 3 is 2.57 bits per heavy atom. The van der Waals surface area contributed by atoms with Gasteiger partial charge in [-0.3, -0.25) is 9.20 Å². The predicted molar refractivity (Wildman–Crippen MR) is 137 cm³/mol. The summed E-state index contributed by atoms with van der Waals surface area (Å²) in [5.41, 5.74) is 1.68. The van der Waals surface area contributed by atoms with Crippen LogP contribution >= 0.6 is 34.5 Å². The molecule has 9 nitrogen and oxygen atoms in total. The molecule has 0 saturated carbocycles. The second-order valence-corrected chi connectivity index (χ2v) is 10.6. The number of rotatable bonds is 5. The van der Waals surface area contributed by atoms with Crippen molar-refractivity contribution in [2.45, 2.75) is 4.90 Å². The molecule has 0 unspecified atom stereocenters. The molecule has 0 amide bonds. The summed E-state index contributed by atoms with van der Waals surface area (Å²) in [7, 11) is -3.87. The van der Waals surface area contributed by atoms with Crippen LogP contribution in [0.4, 0.5) is 11.6 Å². The molecule has 0 saturated heterocycles. The van der Waals surface area contributed by atoms with Gasteiger partial charge in [-0.15, -0.1) is 0 Å². The number of fused-ring (bicyclic) bond motifs is 1. The first-order chi connectivity index (χ1) is 16.7. The first-order valence-electron chi connectivity index (χ1n) is 9.90. The van der Waals surface area contributed by atoms with E-state index >= 15 is 0 Å². The van der Waals surface area contributed by atoms with Crippen LogP contribution in [0, 0.1) is 0 Å². The summed E-state index contributed by atoms with van der Waals surface area (Å²) in [4.78, 5) is 26.9. The second kappa shape index (κ2) is 9.02. The van der Waals surface area contributed by atoms with Crippen LogP contribution in [0.2, 0.25) is 10.0 Å². The Morgan fingerprint density at radius 2 is 1.77 bits per heavy atom. The Kier molecular flexibility index (Phi) is 6.03. The van der Waals surface area contributed by atoms with Gasteiger partial charge in [0, 0.05) is 29.7 Å². The predicted octanol–water partition coefficient (Wildman–Crippen LogP) is 4.58. The van der Waals surface area contributed by atoms with E-state index in [1.165, 1.54) is 46.3 Å². The molecule has 13 heteroatoms. The number of thiazole rings is 1. The zero-order chi connectivity index (χ0) is 24.7. The molecule has 35 heavy (non-hydrogen) atoms. The van der Waals surface area contributed by atoms with Gasteiger partial charge in [0.25, 0.3) is 5.56 Å². The molecular weight excluding hydrogens is 531 g/mol. The van der Waals surface area contributed by atoms with Gasteiger partial charge in [-0.05, 0) is 30.3 Å². The van der Waals surface area contributed by atoms with E-state index in [2.05, 4.69) is 20.3 Å². The molecule has 3 heterocycles. The molecule has 3 N–H and O–H groups in total. The van der Waals surface area contributed by atoms with E-state index in [4.69, 9.17) is 28.3 Å². The quantitative estimate of drug-likeness (QED) is 0.331. The summed E-state index contributed by atoms with van der Waals surface area (Å²) in [6.07, 6.45) is 2.98. The number of sulfonamides is 1. The summed E-state index contributed by atoms with van der Waals surface area (Å²) >= 11 is 14.0. The van der Waals surface area contributed by atoms with Crippen molar-refractivity contribution >= 4 is 61.2 Å². The van der Waals surface area contributed by atoms with Crippen LogP contribution in [-0.4, -0.2) is 27.8 Å². The van der Waals surface area contributed by atoms with Crippen molar-refractivity contribution in [3.63, 3.8) is 0 Å². The zero-order valence-electron chi connectivity index (χ0n) is 17.5. The highest BCUT2D eigenvalue weighted by molar-refractivity contribution is 7.89. The summed E-state index contributed by atoms with van der Waals surface area (Å²) in [6, 6.07) is 14.2. The monoisotopic (exact) mass is 544 g/mol. The number of nitrogens with one attached hydrogen (secondary N) is 1. The highest BCUT2D eigenvalue weighted by Gasteiger charge is 2.22. The molecule has 2 aromatic carbocycles. The second-order valence-electron chi connectivity index (χ2n) is 7.25. The molecular formula is C22H14Cl2N6O3S2. The van der Waals surface area contributed by atoms with E-state index in [1.807, 2.05) is 0 Å². The van der Waals surface area contributed by atoms with Crippen molar-refractivity contribution in [2.24, 2.45) is 5.14 Å². The molecule has 0 radical (unpaired) electrons. The Morgan fingerprint density at radius 1 is 1.00 bits per heavy atom. The van der Waals surface area contributed by atoms with Crippen LogP contribution in [0.5, 0.6) is 0 Å². The van der Waals surface area contributed by atoms with Crippen molar-refractivity contribution in [3.8, 4) is 21.8 Å². The zero-order valence-corrected chi connectivity index (χ0v) is 20.7. The molecule has 0 aliphatic heterocycles. The van der Waals surface area contributed by atoms with E-state index in [9.17, 15) is 13.2 Å². The molecule has 0 bridgehead atoms. The Hall–Kier alpha value is -3.35. The topological polar surface area (TPSA) is 132 Å². The van der Waals surface area contributed by atoms with E-state index < -0.39 is 10.0 Å². The van der Waals surface area contributed by atoms with Gasteiger partial charge in [-0.1, -0.05) is 52.7 Å². The molecule has 3 aromatic heterocycles. The van der Waals surface area contributed by atoms with Gasteiger partial charge in [-0.25, -0.2) is 28.5 Å². The fourth-order valence-corrected chi connectivity index (χ4v) is 5.47. The number of nitrogens with two attached hydrogens (primary N) is 1. The lowest BCUT2D eigenvalue weighted by atomic mass is 10.1. The normalized spacial score (nSPS) is 11.6. The van der Waals surface area contributed by atoms with E-state index in [1.54, 1.807) is 36.4 Å². The summed E-state index contributed by atoms with van der Waals surface area (Å²) in [6.45, 7) is 0. The van der Waals surface area contributed by atoms with E-state index in [0.29, 0.717) is 37.5 Å². The van der Waals surface area contributed by atoms with Crippen LogP contribution in [0.1, 0.15) is 0 Å². The van der Waals surface area contributed by atoms with Gasteiger partial charge < -0.3 is 5.32 Å². The Balaban J connectivity index is 1.66. The molecule has 5 aromatic rings. The van der Waals surface area contributed by atoms with Crippen LogP contribution in [-0.2, 0) is 10.0 Å². The van der Waals surface area contributed by atoms with Crippen LogP contribution in [0.15, 0.2) is 76.7 Å². The largest absolute Gasteiger partial charge is 0.324 e. The number of primary sulfonamides is 1. The van der Waals surface area contributed by atoms with Gasteiger partial charge in [0.1, 0.15) is 0 Å². The number of anilines is 2. The van der Waals surface area contributed by atoms with E-state index in [0.717, 1.165) is 0 Å². The average molecular weight is 545 g/mol. The van der Waals surface area contributed by atoms with Crippen molar-refractivity contribution in [3.05, 3.63) is 87.4 Å². The van der Waals surface area contributed by atoms with Gasteiger partial charge >= 0.3 is 0 Å². The number of hydrogen-bond acceptors (Lipinski definition) is 8. The number of nitrogens with zero attached hydrogens (tertiary/aromatic N) is 4. The van der Waals surface area contributed by atoms with E-state index in [-0.39, 0.29) is 21.4 Å². The Bertz CT molecular complexity index is 1770. The highest BCUT2D eigenvalue weighted by atomic mass is 35.5. The summed E-state index contributed by atoms with van der Waals surface area (Å²) in [5, 5.41) is 8.84. The van der Waals surface area contributed by atoms with Gasteiger partial charge in [0.15, 0.2) is 4.96 Å². The minimum absolute atomic E-state index is 0.0495. The first-order valence-corrected chi connectivity index (χ1v) is 13.0. The average Bonchev–Trinajstić information content (AvgIpc) is 3.21. The Labute approximate surface area is 212 Å². The molecule has 0 spiro atoms. The van der Waals surface area contributed by atoms with Crippen molar-refractivity contribution in [1.29, 1.82) is 0 Å². The third kappa shape index (κ3) is 4.51. The summed E-state index contributed by atoms with van der Waals surface area (Å²) in [5.74, 6) is 0.204. The van der Waals surface area contributed by atoms with Crippen LogP contribution in [0.3, 0.4) is 0 Å². The highest BCUT2D eigenvalue weighted by Crippen LogP contribution is 2.42. The smallest absolute Gasteiger partial charge is 0.258 e. The van der Waals surface area contributed by atoms with Gasteiger partial charge in [0.05, 0.1) is 31.2 Å². The maximum atomic E-state index is 12.8. The van der Waals surface area contributed by atoms with Crippen molar-refractivity contribution < 1.29 is 8.42 Å². The molecule has 0 fully saturated rings. The summed E-state index contributed by atoms with van der Waals surface area (Å²) < 4.78 is 24.8.